The van der Waals surface area contributed by atoms with E-state index in [0.717, 1.165) is 5.56 Å². The van der Waals surface area contributed by atoms with Gasteiger partial charge in [-0.15, -0.1) is 0 Å². The summed E-state index contributed by atoms with van der Waals surface area (Å²) in [5, 5.41) is 10.3. The third-order valence-electron chi connectivity index (χ3n) is 2.87. The number of hydrogen-bond donors (Lipinski definition) is 1. The predicted octanol–water partition coefficient (Wildman–Crippen LogP) is 4.49. The number of hydrogen-bond acceptors (Lipinski definition) is 2. The molecular formula is C17H17ClO2. The molecule has 0 heterocycles. The first-order valence-electron chi connectivity index (χ1n) is 6.48. The molecule has 0 bridgehead atoms. The minimum Gasteiger partial charge on any atom is -0.489 e. The number of benzene rings is 2. The third-order valence-corrected chi connectivity index (χ3v) is 3.10. The zero-order valence-corrected chi connectivity index (χ0v) is 12.0. The maximum Gasteiger partial charge on any atom is 0.125 e. The van der Waals surface area contributed by atoms with Crippen molar-refractivity contribution in [1.82, 2.24) is 0 Å². The molecule has 0 fully saturated rings. The molecule has 0 saturated carbocycles. The summed E-state index contributed by atoms with van der Waals surface area (Å²) < 4.78 is 5.67. The van der Waals surface area contributed by atoms with Gasteiger partial charge in [0.2, 0.25) is 0 Å². The van der Waals surface area contributed by atoms with Crippen LogP contribution in [0.3, 0.4) is 0 Å². The molecular weight excluding hydrogens is 272 g/mol. The lowest BCUT2D eigenvalue weighted by Crippen LogP contribution is -2.00. The van der Waals surface area contributed by atoms with Crippen molar-refractivity contribution in [2.45, 2.75) is 13.0 Å². The van der Waals surface area contributed by atoms with Gasteiger partial charge >= 0.3 is 0 Å². The van der Waals surface area contributed by atoms with E-state index in [-0.39, 0.29) is 0 Å². The standard InChI is InChI=1S/C17H17ClO2/c1-13(19)16-12-15(18)9-10-17(16)20-11-5-8-14-6-3-2-4-7-14/h2-10,12-13,19H,11H2,1H3. The fourth-order valence-electron chi connectivity index (χ4n) is 1.86. The van der Waals surface area contributed by atoms with Crippen LogP contribution in [-0.4, -0.2) is 11.7 Å². The molecule has 0 aliphatic carbocycles. The first kappa shape index (κ1) is 14.6. The van der Waals surface area contributed by atoms with Crippen molar-refractivity contribution >= 4 is 17.7 Å². The quantitative estimate of drug-likeness (QED) is 0.878. The Morgan fingerprint density at radius 3 is 2.65 bits per heavy atom. The van der Waals surface area contributed by atoms with Gasteiger partial charge in [0, 0.05) is 10.6 Å². The normalized spacial score (nSPS) is 12.6. The molecule has 0 aliphatic heterocycles. The number of rotatable bonds is 5. The van der Waals surface area contributed by atoms with Crippen LogP contribution in [0.4, 0.5) is 0 Å². The lowest BCUT2D eigenvalue weighted by atomic mass is 10.1. The average molecular weight is 289 g/mol. The zero-order valence-electron chi connectivity index (χ0n) is 11.3. The number of ether oxygens (including phenoxy) is 1. The van der Waals surface area contributed by atoms with Crippen molar-refractivity contribution in [2.75, 3.05) is 6.61 Å². The molecule has 2 rings (SSSR count). The SMILES string of the molecule is CC(O)c1cc(Cl)ccc1OCC=Cc1ccccc1. The predicted molar refractivity (Wildman–Crippen MR) is 83.1 cm³/mol. The van der Waals surface area contributed by atoms with E-state index >= 15 is 0 Å². The maximum atomic E-state index is 9.71. The molecule has 0 saturated heterocycles. The Morgan fingerprint density at radius 2 is 1.95 bits per heavy atom. The highest BCUT2D eigenvalue weighted by Crippen LogP contribution is 2.28. The minimum atomic E-state index is -0.609. The van der Waals surface area contributed by atoms with E-state index < -0.39 is 6.10 Å². The van der Waals surface area contributed by atoms with Crippen LogP contribution in [0.15, 0.2) is 54.6 Å². The van der Waals surface area contributed by atoms with Crippen LogP contribution >= 0.6 is 11.6 Å². The van der Waals surface area contributed by atoms with Crippen LogP contribution < -0.4 is 4.74 Å². The fourth-order valence-corrected chi connectivity index (χ4v) is 2.04. The van der Waals surface area contributed by atoms with Crippen molar-refractivity contribution in [3.8, 4) is 5.75 Å². The van der Waals surface area contributed by atoms with Crippen molar-refractivity contribution < 1.29 is 9.84 Å². The Hall–Kier alpha value is -1.77. The minimum absolute atomic E-state index is 0.441. The second-order valence-electron chi connectivity index (χ2n) is 4.48. The van der Waals surface area contributed by atoms with Gasteiger partial charge in [0.25, 0.3) is 0 Å². The van der Waals surface area contributed by atoms with Crippen LogP contribution in [0.1, 0.15) is 24.2 Å². The van der Waals surface area contributed by atoms with Gasteiger partial charge in [-0.3, -0.25) is 0 Å². The van der Waals surface area contributed by atoms with Crippen LogP contribution in [0.25, 0.3) is 6.08 Å². The summed E-state index contributed by atoms with van der Waals surface area (Å²) in [6.07, 6.45) is 3.33. The van der Waals surface area contributed by atoms with Crippen LogP contribution in [0.2, 0.25) is 5.02 Å². The fraction of sp³-hybridized carbons (Fsp3) is 0.176. The molecule has 0 amide bonds. The molecule has 3 heteroatoms. The molecule has 0 radical (unpaired) electrons. The molecule has 1 N–H and O–H groups in total. The largest absolute Gasteiger partial charge is 0.489 e. The van der Waals surface area contributed by atoms with Crippen LogP contribution in [-0.2, 0) is 0 Å². The Balaban J connectivity index is 1.99. The van der Waals surface area contributed by atoms with E-state index in [9.17, 15) is 5.11 Å². The molecule has 20 heavy (non-hydrogen) atoms. The lowest BCUT2D eigenvalue weighted by molar-refractivity contribution is 0.193. The highest BCUT2D eigenvalue weighted by atomic mass is 35.5. The van der Waals surface area contributed by atoms with Gasteiger partial charge in [-0.25, -0.2) is 0 Å². The van der Waals surface area contributed by atoms with Gasteiger partial charge in [0.05, 0.1) is 6.10 Å². The Morgan fingerprint density at radius 1 is 1.20 bits per heavy atom. The number of halogens is 1. The average Bonchev–Trinajstić information content (AvgIpc) is 2.45. The molecule has 2 aromatic rings. The molecule has 1 atom stereocenters. The first-order chi connectivity index (χ1) is 9.66. The van der Waals surface area contributed by atoms with Gasteiger partial charge in [-0.2, -0.15) is 0 Å². The summed E-state index contributed by atoms with van der Waals surface area (Å²) in [5.74, 6) is 0.655. The van der Waals surface area contributed by atoms with E-state index in [1.807, 2.05) is 42.5 Å². The summed E-state index contributed by atoms with van der Waals surface area (Å²) in [6.45, 7) is 2.13. The zero-order chi connectivity index (χ0) is 14.4. The van der Waals surface area contributed by atoms with Crippen molar-refractivity contribution in [1.29, 1.82) is 0 Å². The Kier molecular flexibility index (Phi) is 5.22. The van der Waals surface area contributed by atoms with E-state index in [2.05, 4.69) is 0 Å². The summed E-state index contributed by atoms with van der Waals surface area (Å²) in [6, 6.07) is 15.3. The highest BCUT2D eigenvalue weighted by molar-refractivity contribution is 6.30. The summed E-state index contributed by atoms with van der Waals surface area (Å²) >= 11 is 5.92. The molecule has 0 spiro atoms. The van der Waals surface area contributed by atoms with E-state index in [1.54, 1.807) is 25.1 Å². The van der Waals surface area contributed by atoms with Crippen molar-refractivity contribution in [3.05, 3.63) is 70.8 Å². The second-order valence-corrected chi connectivity index (χ2v) is 4.92. The lowest BCUT2D eigenvalue weighted by Gasteiger charge is -2.12. The topological polar surface area (TPSA) is 29.5 Å². The highest BCUT2D eigenvalue weighted by Gasteiger charge is 2.09. The first-order valence-corrected chi connectivity index (χ1v) is 6.86. The van der Waals surface area contributed by atoms with Gasteiger partial charge in [0.1, 0.15) is 12.4 Å². The van der Waals surface area contributed by atoms with Gasteiger partial charge < -0.3 is 9.84 Å². The molecule has 104 valence electrons. The Labute approximate surface area is 124 Å². The van der Waals surface area contributed by atoms with Crippen molar-refractivity contribution in [3.63, 3.8) is 0 Å². The van der Waals surface area contributed by atoms with Gasteiger partial charge in [-0.1, -0.05) is 48.0 Å². The third kappa shape index (κ3) is 4.12. The number of aliphatic hydroxyl groups excluding tert-OH is 1. The van der Waals surface area contributed by atoms with Crippen LogP contribution in [0.5, 0.6) is 5.75 Å². The molecule has 1 unspecified atom stereocenters. The Bertz CT molecular complexity index is 577. The molecule has 2 nitrogen and oxygen atoms in total. The van der Waals surface area contributed by atoms with Gasteiger partial charge in [0.15, 0.2) is 0 Å². The molecule has 0 aromatic heterocycles. The molecule has 2 aromatic carbocycles. The molecule has 0 aliphatic rings. The maximum absolute atomic E-state index is 9.71. The van der Waals surface area contributed by atoms with Crippen molar-refractivity contribution in [2.24, 2.45) is 0 Å². The number of aliphatic hydroxyl groups is 1. The smallest absolute Gasteiger partial charge is 0.125 e. The summed E-state index contributed by atoms with van der Waals surface area (Å²) in [4.78, 5) is 0. The summed E-state index contributed by atoms with van der Waals surface area (Å²) in [7, 11) is 0. The van der Waals surface area contributed by atoms with Gasteiger partial charge in [-0.05, 0) is 36.8 Å². The van der Waals surface area contributed by atoms with E-state index in [4.69, 9.17) is 16.3 Å². The summed E-state index contributed by atoms with van der Waals surface area (Å²) in [5.41, 5.74) is 1.83. The van der Waals surface area contributed by atoms with E-state index in [0.29, 0.717) is 22.9 Å². The monoisotopic (exact) mass is 288 g/mol. The second kappa shape index (κ2) is 7.13. The van der Waals surface area contributed by atoms with Crippen LogP contribution in [0, 0.1) is 0 Å². The van der Waals surface area contributed by atoms with E-state index in [1.165, 1.54) is 0 Å².